The second kappa shape index (κ2) is 8.35. The number of hydrogen-bond donors (Lipinski definition) is 0. The van der Waals surface area contributed by atoms with Crippen molar-refractivity contribution in [1.82, 2.24) is 9.80 Å². The normalized spacial score (nSPS) is 23.5. The number of nitrogens with zero attached hydrogens (tertiary/aromatic N) is 2. The molecular weight excluding hydrogens is 416 g/mol. The average Bonchev–Trinajstić information content (AvgIpc) is 3.34. The molecule has 2 aliphatic rings. The Kier molecular flexibility index (Phi) is 5.75. The summed E-state index contributed by atoms with van der Waals surface area (Å²) in [5, 5.41) is 0.384. The number of ether oxygens (including phenoxy) is 1. The fourth-order valence-electron chi connectivity index (χ4n) is 4.87. The Morgan fingerprint density at radius 2 is 1.87 bits per heavy atom. The molecule has 2 fully saturated rings. The van der Waals surface area contributed by atoms with Crippen molar-refractivity contribution in [3.8, 4) is 5.75 Å². The Hall–Kier alpha value is -2.86. The second-order valence-corrected chi connectivity index (χ2v) is 8.57. The molecule has 2 aromatic carbocycles. The second-order valence-electron chi connectivity index (χ2n) is 8.16. The van der Waals surface area contributed by atoms with Crippen LogP contribution in [0.2, 0.25) is 5.02 Å². The van der Waals surface area contributed by atoms with Gasteiger partial charge in [0.15, 0.2) is 0 Å². The molecule has 0 saturated carbocycles. The lowest BCUT2D eigenvalue weighted by atomic mass is 9.75. The first-order chi connectivity index (χ1) is 14.9. The number of methoxy groups -OCH3 is 1. The molecule has 3 amide bonds. The highest BCUT2D eigenvalue weighted by atomic mass is 35.5. The standard InChI is InChI=1S/C24H25ClN2O4/c1-26-21(28)14-24(23(26)30,17-9-4-5-10-18(17)25)15-22(29)27-13-7-11-19(27)16-8-3-6-12-20(16)31-2/h3-6,8-10,12,19H,7,11,13-15H2,1-2H3/t19-,24+/m0/s1. The van der Waals surface area contributed by atoms with Gasteiger partial charge in [-0.25, -0.2) is 0 Å². The van der Waals surface area contributed by atoms with Crippen LogP contribution in [0.4, 0.5) is 0 Å². The maximum Gasteiger partial charge on any atom is 0.240 e. The quantitative estimate of drug-likeness (QED) is 0.664. The van der Waals surface area contributed by atoms with Gasteiger partial charge in [-0.05, 0) is 30.5 Å². The Labute approximate surface area is 186 Å². The minimum absolute atomic E-state index is 0.0645. The van der Waals surface area contributed by atoms with Crippen LogP contribution in [0.25, 0.3) is 0 Å². The van der Waals surface area contributed by atoms with Crippen molar-refractivity contribution in [1.29, 1.82) is 0 Å². The molecular formula is C24H25ClN2O4. The molecule has 2 aliphatic heterocycles. The minimum Gasteiger partial charge on any atom is -0.496 e. The fourth-order valence-corrected chi connectivity index (χ4v) is 5.19. The number of halogens is 1. The van der Waals surface area contributed by atoms with Crippen LogP contribution in [0, 0.1) is 0 Å². The molecule has 31 heavy (non-hydrogen) atoms. The largest absolute Gasteiger partial charge is 0.496 e. The van der Waals surface area contributed by atoms with Crippen LogP contribution in [0.3, 0.4) is 0 Å². The highest BCUT2D eigenvalue weighted by Crippen LogP contribution is 2.44. The van der Waals surface area contributed by atoms with E-state index in [9.17, 15) is 14.4 Å². The highest BCUT2D eigenvalue weighted by Gasteiger charge is 2.54. The van der Waals surface area contributed by atoms with Gasteiger partial charge in [0.05, 0.1) is 18.6 Å². The van der Waals surface area contributed by atoms with Crippen molar-refractivity contribution in [3.05, 3.63) is 64.7 Å². The van der Waals surface area contributed by atoms with E-state index in [-0.39, 0.29) is 36.6 Å². The lowest BCUT2D eigenvalue weighted by Crippen LogP contribution is -2.42. The predicted octanol–water partition coefficient (Wildman–Crippen LogP) is 3.73. The number of amides is 3. The molecule has 2 atom stereocenters. The predicted molar refractivity (Wildman–Crippen MR) is 117 cm³/mol. The van der Waals surface area contributed by atoms with Gasteiger partial charge < -0.3 is 9.64 Å². The molecule has 2 saturated heterocycles. The molecule has 0 N–H and O–H groups in total. The van der Waals surface area contributed by atoms with E-state index in [0.29, 0.717) is 17.1 Å². The average molecular weight is 441 g/mol. The lowest BCUT2D eigenvalue weighted by molar-refractivity contribution is -0.141. The summed E-state index contributed by atoms with van der Waals surface area (Å²) in [6.07, 6.45) is 1.51. The van der Waals surface area contributed by atoms with E-state index in [1.165, 1.54) is 7.05 Å². The van der Waals surface area contributed by atoms with E-state index < -0.39 is 5.41 Å². The molecule has 6 nitrogen and oxygen atoms in total. The zero-order valence-corrected chi connectivity index (χ0v) is 18.4. The third-order valence-corrected chi connectivity index (χ3v) is 6.78. The number of carbonyl (C=O) groups excluding carboxylic acids is 3. The molecule has 0 aromatic heterocycles. The van der Waals surface area contributed by atoms with Crippen molar-refractivity contribution >= 4 is 29.3 Å². The van der Waals surface area contributed by atoms with E-state index in [1.807, 2.05) is 29.2 Å². The van der Waals surface area contributed by atoms with Crippen molar-refractivity contribution in [2.75, 3.05) is 20.7 Å². The summed E-state index contributed by atoms with van der Waals surface area (Å²) in [7, 11) is 3.08. The maximum absolute atomic E-state index is 13.6. The van der Waals surface area contributed by atoms with Gasteiger partial charge in [-0.1, -0.05) is 48.0 Å². The Bertz CT molecular complexity index is 1040. The summed E-state index contributed by atoms with van der Waals surface area (Å²) in [5.41, 5.74) is 0.198. The molecule has 0 unspecified atom stereocenters. The topological polar surface area (TPSA) is 66.9 Å². The van der Waals surface area contributed by atoms with E-state index in [1.54, 1.807) is 31.4 Å². The van der Waals surface area contributed by atoms with Gasteiger partial charge in [-0.3, -0.25) is 19.3 Å². The number of hydrogen-bond acceptors (Lipinski definition) is 4. The fraction of sp³-hybridized carbons (Fsp3) is 0.375. The Morgan fingerprint density at radius 1 is 1.16 bits per heavy atom. The van der Waals surface area contributed by atoms with E-state index in [0.717, 1.165) is 29.1 Å². The first-order valence-corrected chi connectivity index (χ1v) is 10.7. The summed E-state index contributed by atoms with van der Waals surface area (Å²) in [6, 6.07) is 14.5. The molecule has 0 bridgehead atoms. The van der Waals surface area contributed by atoms with Crippen LogP contribution in [-0.4, -0.2) is 48.2 Å². The zero-order valence-electron chi connectivity index (χ0n) is 17.6. The smallest absolute Gasteiger partial charge is 0.240 e. The van der Waals surface area contributed by atoms with Gasteiger partial charge in [0.25, 0.3) is 0 Å². The zero-order chi connectivity index (χ0) is 22.2. The summed E-state index contributed by atoms with van der Waals surface area (Å²) in [4.78, 5) is 42.2. The Morgan fingerprint density at radius 3 is 2.55 bits per heavy atom. The number of benzene rings is 2. The van der Waals surface area contributed by atoms with E-state index in [2.05, 4.69) is 0 Å². The maximum atomic E-state index is 13.6. The van der Waals surface area contributed by atoms with Crippen molar-refractivity contribution in [3.63, 3.8) is 0 Å². The van der Waals surface area contributed by atoms with Crippen molar-refractivity contribution in [2.45, 2.75) is 37.1 Å². The van der Waals surface area contributed by atoms with Gasteiger partial charge in [0.1, 0.15) is 5.75 Å². The van der Waals surface area contributed by atoms with Crippen molar-refractivity contribution < 1.29 is 19.1 Å². The van der Waals surface area contributed by atoms with Gasteiger partial charge in [0, 0.05) is 37.0 Å². The SMILES string of the molecule is COc1ccccc1[C@@H]1CCCN1C(=O)C[C@@]1(c2ccccc2Cl)CC(=O)N(C)C1=O. The molecule has 2 heterocycles. The first kappa shape index (κ1) is 21.4. The van der Waals surface area contributed by atoms with Gasteiger partial charge in [-0.2, -0.15) is 0 Å². The Balaban J connectivity index is 1.70. The number of likely N-dealkylation sites (N-methyl/N-ethyl adjacent to an activating group) is 1. The summed E-state index contributed by atoms with van der Waals surface area (Å²) < 4.78 is 5.51. The van der Waals surface area contributed by atoms with Gasteiger partial charge in [0.2, 0.25) is 17.7 Å². The number of para-hydroxylation sites is 1. The van der Waals surface area contributed by atoms with Crippen LogP contribution in [-0.2, 0) is 19.8 Å². The monoisotopic (exact) mass is 440 g/mol. The van der Waals surface area contributed by atoms with Crippen LogP contribution in [0.1, 0.15) is 42.9 Å². The third-order valence-electron chi connectivity index (χ3n) is 6.45. The molecule has 162 valence electrons. The van der Waals surface area contributed by atoms with Crippen LogP contribution in [0.5, 0.6) is 5.75 Å². The lowest BCUT2D eigenvalue weighted by Gasteiger charge is -2.32. The number of imide groups is 1. The van der Waals surface area contributed by atoms with Gasteiger partial charge >= 0.3 is 0 Å². The molecule has 2 aromatic rings. The number of rotatable bonds is 5. The van der Waals surface area contributed by atoms with E-state index >= 15 is 0 Å². The molecule has 4 rings (SSSR count). The van der Waals surface area contributed by atoms with Crippen LogP contribution in [0.15, 0.2) is 48.5 Å². The van der Waals surface area contributed by atoms with Gasteiger partial charge in [-0.15, -0.1) is 0 Å². The summed E-state index contributed by atoms with van der Waals surface area (Å²) in [5.74, 6) is -0.114. The molecule has 7 heteroatoms. The van der Waals surface area contributed by atoms with E-state index in [4.69, 9.17) is 16.3 Å². The summed E-state index contributed by atoms with van der Waals surface area (Å²) >= 11 is 6.44. The first-order valence-electron chi connectivity index (χ1n) is 10.4. The summed E-state index contributed by atoms with van der Waals surface area (Å²) in [6.45, 7) is 0.595. The molecule has 0 aliphatic carbocycles. The molecule has 0 spiro atoms. The third kappa shape index (κ3) is 3.59. The van der Waals surface area contributed by atoms with Crippen LogP contribution < -0.4 is 4.74 Å². The molecule has 0 radical (unpaired) electrons. The highest BCUT2D eigenvalue weighted by molar-refractivity contribution is 6.32. The van der Waals surface area contributed by atoms with Crippen molar-refractivity contribution in [2.24, 2.45) is 0 Å². The van der Waals surface area contributed by atoms with Crippen LogP contribution >= 0.6 is 11.6 Å². The number of carbonyl (C=O) groups is 3. The number of likely N-dealkylation sites (tertiary alicyclic amines) is 2. The minimum atomic E-state index is -1.28.